The summed E-state index contributed by atoms with van der Waals surface area (Å²) >= 11 is 0. The average molecular weight is 349 g/mol. The number of nitrogens with zero attached hydrogens (tertiary/aromatic N) is 1. The lowest BCUT2D eigenvalue weighted by atomic mass is 10.1. The maximum Gasteiger partial charge on any atom is 0.218 e. The van der Waals surface area contributed by atoms with Crippen LogP contribution in [0.2, 0.25) is 0 Å². The van der Waals surface area contributed by atoms with Crippen molar-refractivity contribution in [3.63, 3.8) is 0 Å². The SMILES string of the molecule is COCC1CN(S(=O)(=O)Cc2c(F)cccc2F)CC(C)(C)O1. The summed E-state index contributed by atoms with van der Waals surface area (Å²) < 4.78 is 64.6. The standard InChI is InChI=1S/C15H21F2NO4S/c1-15(2)10-18(7-11(22-15)8-21-3)23(19,20)9-12-13(16)5-4-6-14(12)17/h4-6,11H,7-10H2,1-3H3. The van der Waals surface area contributed by atoms with Gasteiger partial charge in [0.2, 0.25) is 10.0 Å². The maximum absolute atomic E-state index is 13.7. The molecule has 5 nitrogen and oxygen atoms in total. The first kappa shape index (κ1) is 18.3. The summed E-state index contributed by atoms with van der Waals surface area (Å²) in [6.45, 7) is 3.98. The van der Waals surface area contributed by atoms with Crippen LogP contribution in [-0.4, -0.2) is 51.2 Å². The molecular formula is C15H21F2NO4S. The lowest BCUT2D eigenvalue weighted by Crippen LogP contribution is -2.55. The minimum atomic E-state index is -3.89. The van der Waals surface area contributed by atoms with E-state index in [1.807, 2.05) is 0 Å². The van der Waals surface area contributed by atoms with Gasteiger partial charge in [0.05, 0.1) is 24.1 Å². The summed E-state index contributed by atoms with van der Waals surface area (Å²) in [5.74, 6) is -2.45. The van der Waals surface area contributed by atoms with Gasteiger partial charge in [-0.3, -0.25) is 0 Å². The van der Waals surface area contributed by atoms with E-state index >= 15 is 0 Å². The number of halogens is 2. The van der Waals surface area contributed by atoms with Crippen molar-refractivity contribution in [1.29, 1.82) is 0 Å². The van der Waals surface area contributed by atoms with Crippen molar-refractivity contribution >= 4 is 10.0 Å². The van der Waals surface area contributed by atoms with Crippen LogP contribution in [-0.2, 0) is 25.2 Å². The predicted molar refractivity (Wildman–Crippen MR) is 81.4 cm³/mol. The molecule has 130 valence electrons. The molecule has 0 amide bonds. The molecule has 1 fully saturated rings. The lowest BCUT2D eigenvalue weighted by molar-refractivity contribution is -0.135. The number of hydrogen-bond acceptors (Lipinski definition) is 4. The van der Waals surface area contributed by atoms with E-state index in [2.05, 4.69) is 0 Å². The molecule has 1 atom stereocenters. The van der Waals surface area contributed by atoms with Crippen LogP contribution in [0, 0.1) is 11.6 Å². The Balaban J connectivity index is 2.24. The van der Waals surface area contributed by atoms with E-state index in [-0.39, 0.29) is 19.7 Å². The van der Waals surface area contributed by atoms with Gasteiger partial charge in [-0.25, -0.2) is 17.2 Å². The molecule has 0 aromatic heterocycles. The Bertz CT molecular complexity index is 643. The highest BCUT2D eigenvalue weighted by Crippen LogP contribution is 2.26. The molecule has 0 radical (unpaired) electrons. The fourth-order valence-electron chi connectivity index (χ4n) is 2.67. The fraction of sp³-hybridized carbons (Fsp3) is 0.600. The van der Waals surface area contributed by atoms with E-state index in [1.165, 1.54) is 17.5 Å². The highest BCUT2D eigenvalue weighted by atomic mass is 32.2. The average Bonchev–Trinajstić information content (AvgIpc) is 2.42. The zero-order valence-electron chi connectivity index (χ0n) is 13.4. The number of morpholine rings is 1. The van der Waals surface area contributed by atoms with Crippen molar-refractivity contribution in [3.8, 4) is 0 Å². The second-order valence-electron chi connectivity index (χ2n) is 6.20. The van der Waals surface area contributed by atoms with Crippen LogP contribution in [0.5, 0.6) is 0 Å². The zero-order chi connectivity index (χ0) is 17.3. The van der Waals surface area contributed by atoms with Crippen LogP contribution in [0.3, 0.4) is 0 Å². The van der Waals surface area contributed by atoms with Crippen molar-refractivity contribution in [2.75, 3.05) is 26.8 Å². The Labute approximate surface area is 135 Å². The molecule has 8 heteroatoms. The Morgan fingerprint density at radius 1 is 1.35 bits per heavy atom. The van der Waals surface area contributed by atoms with Crippen LogP contribution >= 0.6 is 0 Å². The molecule has 0 bridgehead atoms. The molecule has 1 aliphatic rings. The van der Waals surface area contributed by atoms with Gasteiger partial charge in [0.1, 0.15) is 11.6 Å². The van der Waals surface area contributed by atoms with Gasteiger partial charge in [-0.1, -0.05) is 6.07 Å². The monoisotopic (exact) mass is 349 g/mol. The smallest absolute Gasteiger partial charge is 0.218 e. The molecule has 2 rings (SSSR count). The van der Waals surface area contributed by atoms with Crippen molar-refractivity contribution in [2.45, 2.75) is 31.3 Å². The summed E-state index contributed by atoms with van der Waals surface area (Å²) in [6, 6.07) is 3.29. The van der Waals surface area contributed by atoms with Gasteiger partial charge >= 0.3 is 0 Å². The molecule has 1 heterocycles. The van der Waals surface area contributed by atoms with E-state index in [9.17, 15) is 17.2 Å². The van der Waals surface area contributed by atoms with E-state index in [1.54, 1.807) is 13.8 Å². The molecule has 1 aromatic rings. The summed E-state index contributed by atoms with van der Waals surface area (Å²) in [5, 5.41) is 0. The highest BCUT2D eigenvalue weighted by molar-refractivity contribution is 7.88. The number of sulfonamides is 1. The Hall–Kier alpha value is -1.09. The minimum Gasteiger partial charge on any atom is -0.382 e. The zero-order valence-corrected chi connectivity index (χ0v) is 14.2. The topological polar surface area (TPSA) is 55.8 Å². The van der Waals surface area contributed by atoms with Gasteiger partial charge in [-0.15, -0.1) is 0 Å². The molecule has 0 spiro atoms. The normalized spacial score (nSPS) is 22.2. The third-order valence-corrected chi connectivity index (χ3v) is 5.30. The molecule has 1 aromatic carbocycles. The van der Waals surface area contributed by atoms with Crippen molar-refractivity contribution in [2.24, 2.45) is 0 Å². The van der Waals surface area contributed by atoms with Crippen molar-refractivity contribution < 1.29 is 26.7 Å². The largest absolute Gasteiger partial charge is 0.382 e. The summed E-state index contributed by atoms with van der Waals surface area (Å²) in [6.07, 6.45) is -0.427. The fourth-order valence-corrected chi connectivity index (χ4v) is 4.39. The van der Waals surface area contributed by atoms with Gasteiger partial charge < -0.3 is 9.47 Å². The Kier molecular flexibility index (Phi) is 5.40. The third-order valence-electron chi connectivity index (χ3n) is 3.58. The first-order chi connectivity index (χ1) is 10.6. The van der Waals surface area contributed by atoms with Gasteiger partial charge in [0, 0.05) is 25.8 Å². The second kappa shape index (κ2) is 6.80. The van der Waals surface area contributed by atoms with E-state index in [4.69, 9.17) is 9.47 Å². The van der Waals surface area contributed by atoms with Crippen LogP contribution in [0.1, 0.15) is 19.4 Å². The van der Waals surface area contributed by atoms with E-state index in [0.717, 1.165) is 12.1 Å². The number of hydrogen-bond donors (Lipinski definition) is 0. The highest BCUT2D eigenvalue weighted by Gasteiger charge is 2.39. The van der Waals surface area contributed by atoms with Crippen LogP contribution < -0.4 is 0 Å². The number of rotatable bonds is 5. The molecule has 23 heavy (non-hydrogen) atoms. The molecule has 0 aliphatic carbocycles. The molecular weight excluding hydrogens is 328 g/mol. The van der Waals surface area contributed by atoms with Gasteiger partial charge in [0.15, 0.2) is 0 Å². The molecule has 0 N–H and O–H groups in total. The lowest BCUT2D eigenvalue weighted by Gasteiger charge is -2.41. The second-order valence-corrected chi connectivity index (χ2v) is 8.17. The van der Waals surface area contributed by atoms with Gasteiger partial charge in [-0.2, -0.15) is 4.31 Å². The molecule has 1 aliphatic heterocycles. The van der Waals surface area contributed by atoms with Crippen LogP contribution in [0.4, 0.5) is 8.78 Å². The minimum absolute atomic E-state index is 0.0929. The van der Waals surface area contributed by atoms with Gasteiger partial charge in [-0.05, 0) is 26.0 Å². The summed E-state index contributed by atoms with van der Waals surface area (Å²) in [7, 11) is -2.39. The van der Waals surface area contributed by atoms with Crippen LogP contribution in [0.15, 0.2) is 18.2 Å². The van der Waals surface area contributed by atoms with E-state index in [0.29, 0.717) is 0 Å². The van der Waals surface area contributed by atoms with Crippen LogP contribution in [0.25, 0.3) is 0 Å². The van der Waals surface area contributed by atoms with Gasteiger partial charge in [0.25, 0.3) is 0 Å². The molecule has 1 unspecified atom stereocenters. The van der Waals surface area contributed by atoms with Crippen molar-refractivity contribution in [1.82, 2.24) is 4.31 Å². The summed E-state index contributed by atoms with van der Waals surface area (Å²) in [5.41, 5.74) is -1.15. The van der Waals surface area contributed by atoms with Crippen molar-refractivity contribution in [3.05, 3.63) is 35.4 Å². The van der Waals surface area contributed by atoms with E-state index < -0.39 is 44.7 Å². The summed E-state index contributed by atoms with van der Waals surface area (Å²) in [4.78, 5) is 0. The quantitative estimate of drug-likeness (QED) is 0.815. The molecule has 0 saturated carbocycles. The first-order valence-corrected chi connectivity index (χ1v) is 8.83. The Morgan fingerprint density at radius 3 is 2.52 bits per heavy atom. The number of ether oxygens (including phenoxy) is 2. The third kappa shape index (κ3) is 4.47. The molecule has 1 saturated heterocycles. The number of benzene rings is 1. The first-order valence-electron chi connectivity index (χ1n) is 7.22. The maximum atomic E-state index is 13.7. The number of methoxy groups -OCH3 is 1. The predicted octanol–water partition coefficient (Wildman–Crippen LogP) is 1.92. The Morgan fingerprint density at radius 2 is 1.96 bits per heavy atom.